The van der Waals surface area contributed by atoms with Crippen molar-refractivity contribution in [3.05, 3.63) is 47.0 Å². The zero-order chi connectivity index (χ0) is 19.8. The lowest BCUT2D eigenvalue weighted by Gasteiger charge is -2.41. The number of ether oxygens (including phenoxy) is 1. The predicted octanol–water partition coefficient (Wildman–Crippen LogP) is 2.40. The lowest BCUT2D eigenvalue weighted by atomic mass is 9.62. The summed E-state index contributed by atoms with van der Waals surface area (Å²) < 4.78 is 33.0. The summed E-state index contributed by atoms with van der Waals surface area (Å²) in [7, 11) is -1.71. The van der Waals surface area contributed by atoms with Crippen molar-refractivity contribution >= 4 is 10.0 Å². The Morgan fingerprint density at radius 3 is 2.68 bits per heavy atom. The summed E-state index contributed by atoms with van der Waals surface area (Å²) in [6.07, 6.45) is 3.90. The van der Waals surface area contributed by atoms with Gasteiger partial charge in [0.05, 0.1) is 12.4 Å². The standard InChI is InChI=1S/C20H28N4O3S/c1-15-4-6-16(7-5-15)13-28(25,26)24-12-17(20(14-24)9-3-10-20)19-21-18(22-23-19)8-11-27-2/h4-7,17H,3,8-14H2,1-2H3,(H,21,22,23). The number of aromatic nitrogens is 3. The molecule has 7 nitrogen and oxygen atoms in total. The molecule has 2 aromatic rings. The van der Waals surface area contributed by atoms with Gasteiger partial charge in [-0.2, -0.15) is 5.10 Å². The minimum atomic E-state index is -3.37. The summed E-state index contributed by atoms with van der Waals surface area (Å²) in [5.41, 5.74) is 1.95. The third-order valence-corrected chi connectivity index (χ3v) is 8.00. The molecular formula is C20H28N4O3S. The van der Waals surface area contributed by atoms with Crippen LogP contribution in [0.5, 0.6) is 0 Å². The Kier molecular flexibility index (Phi) is 5.28. The van der Waals surface area contributed by atoms with Crippen LogP contribution in [0.4, 0.5) is 0 Å². The SMILES string of the molecule is COCCc1nc(C2CN(S(=O)(=O)Cc3ccc(C)cc3)CC23CCC3)n[nH]1. The van der Waals surface area contributed by atoms with Gasteiger partial charge in [0, 0.05) is 32.5 Å². The molecule has 1 aliphatic carbocycles. The molecule has 2 fully saturated rings. The Morgan fingerprint density at radius 1 is 1.29 bits per heavy atom. The van der Waals surface area contributed by atoms with Gasteiger partial charge >= 0.3 is 0 Å². The highest BCUT2D eigenvalue weighted by Crippen LogP contribution is 2.55. The minimum absolute atomic E-state index is 0.0128. The number of aryl methyl sites for hydroxylation is 1. The predicted molar refractivity (Wildman–Crippen MR) is 106 cm³/mol. The van der Waals surface area contributed by atoms with Gasteiger partial charge in [-0.05, 0) is 30.7 Å². The highest BCUT2D eigenvalue weighted by molar-refractivity contribution is 7.88. The molecule has 1 saturated heterocycles. The summed E-state index contributed by atoms with van der Waals surface area (Å²) in [5, 5.41) is 7.42. The van der Waals surface area contributed by atoms with Crippen LogP contribution in [0.3, 0.4) is 0 Å². The Labute approximate surface area is 166 Å². The van der Waals surface area contributed by atoms with Crippen molar-refractivity contribution in [3.63, 3.8) is 0 Å². The normalized spacial score (nSPS) is 21.9. The Balaban J connectivity index is 1.52. The molecule has 1 N–H and O–H groups in total. The first-order chi connectivity index (χ1) is 13.4. The van der Waals surface area contributed by atoms with Gasteiger partial charge < -0.3 is 4.74 Å². The lowest BCUT2D eigenvalue weighted by Crippen LogP contribution is -2.38. The second-order valence-electron chi connectivity index (χ2n) is 8.19. The number of nitrogens with zero attached hydrogens (tertiary/aromatic N) is 3. The molecule has 2 aliphatic rings. The van der Waals surface area contributed by atoms with E-state index in [4.69, 9.17) is 4.74 Å². The van der Waals surface area contributed by atoms with Crippen molar-refractivity contribution in [1.29, 1.82) is 0 Å². The zero-order valence-corrected chi connectivity index (χ0v) is 17.3. The van der Waals surface area contributed by atoms with Gasteiger partial charge in [0.25, 0.3) is 0 Å². The van der Waals surface area contributed by atoms with Crippen molar-refractivity contribution in [2.75, 3.05) is 26.8 Å². The zero-order valence-electron chi connectivity index (χ0n) is 16.5. The van der Waals surface area contributed by atoms with E-state index in [9.17, 15) is 8.42 Å². The molecule has 28 heavy (non-hydrogen) atoms. The molecule has 0 amide bonds. The number of hydrogen-bond acceptors (Lipinski definition) is 5. The van der Waals surface area contributed by atoms with Gasteiger partial charge in [-0.3, -0.25) is 5.10 Å². The molecule has 1 aromatic carbocycles. The minimum Gasteiger partial charge on any atom is -0.384 e. The molecule has 1 atom stereocenters. The van der Waals surface area contributed by atoms with Crippen LogP contribution >= 0.6 is 0 Å². The van der Waals surface area contributed by atoms with Gasteiger partial charge in [0.2, 0.25) is 10.0 Å². The fourth-order valence-electron chi connectivity index (χ4n) is 4.39. The summed E-state index contributed by atoms with van der Waals surface area (Å²) >= 11 is 0. The van der Waals surface area contributed by atoms with Crippen molar-refractivity contribution < 1.29 is 13.2 Å². The van der Waals surface area contributed by atoms with Crippen LogP contribution in [0, 0.1) is 12.3 Å². The lowest BCUT2D eigenvalue weighted by molar-refractivity contribution is 0.127. The molecular weight excluding hydrogens is 376 g/mol. The monoisotopic (exact) mass is 404 g/mol. The molecule has 1 unspecified atom stereocenters. The summed E-state index contributed by atoms with van der Waals surface area (Å²) in [4.78, 5) is 4.65. The Morgan fingerprint density at radius 2 is 2.04 bits per heavy atom. The van der Waals surface area contributed by atoms with Crippen LogP contribution in [0.15, 0.2) is 24.3 Å². The first-order valence-electron chi connectivity index (χ1n) is 9.85. The van der Waals surface area contributed by atoms with Crippen molar-refractivity contribution in [3.8, 4) is 0 Å². The number of rotatable bonds is 7. The summed E-state index contributed by atoms with van der Waals surface area (Å²) in [6.45, 7) is 3.63. The maximum Gasteiger partial charge on any atom is 0.218 e. The topological polar surface area (TPSA) is 88.2 Å². The van der Waals surface area contributed by atoms with Crippen LogP contribution in [-0.4, -0.2) is 54.7 Å². The first-order valence-corrected chi connectivity index (χ1v) is 11.5. The summed E-state index contributed by atoms with van der Waals surface area (Å²) in [5.74, 6) is 1.65. The van der Waals surface area contributed by atoms with Crippen molar-refractivity contribution in [2.45, 2.75) is 44.3 Å². The number of nitrogens with one attached hydrogen (secondary N) is 1. The number of hydrogen-bond donors (Lipinski definition) is 1. The van der Waals surface area contributed by atoms with E-state index >= 15 is 0 Å². The van der Waals surface area contributed by atoms with E-state index in [1.165, 1.54) is 0 Å². The molecule has 152 valence electrons. The highest BCUT2D eigenvalue weighted by atomic mass is 32.2. The average Bonchev–Trinajstić information content (AvgIpc) is 3.26. The second kappa shape index (κ2) is 7.57. The van der Waals surface area contributed by atoms with Crippen LogP contribution in [0.25, 0.3) is 0 Å². The largest absolute Gasteiger partial charge is 0.384 e. The fraction of sp³-hybridized carbons (Fsp3) is 0.600. The van der Waals surface area contributed by atoms with Gasteiger partial charge in [-0.1, -0.05) is 36.2 Å². The average molecular weight is 405 g/mol. The fourth-order valence-corrected chi connectivity index (χ4v) is 6.02. The van der Waals surface area contributed by atoms with E-state index in [0.717, 1.165) is 42.0 Å². The maximum absolute atomic E-state index is 13.1. The molecule has 1 spiro atoms. The van der Waals surface area contributed by atoms with Gasteiger partial charge in [-0.25, -0.2) is 17.7 Å². The number of methoxy groups -OCH3 is 1. The Bertz CT molecular complexity index is 919. The molecule has 2 heterocycles. The van der Waals surface area contributed by atoms with Crippen LogP contribution in [-0.2, 0) is 26.9 Å². The van der Waals surface area contributed by atoms with E-state index in [2.05, 4.69) is 15.2 Å². The molecule has 8 heteroatoms. The van der Waals surface area contributed by atoms with E-state index in [1.54, 1.807) is 11.4 Å². The first kappa shape index (κ1) is 19.5. The van der Waals surface area contributed by atoms with E-state index in [1.807, 2.05) is 31.2 Å². The molecule has 0 radical (unpaired) electrons. The number of sulfonamides is 1. The summed E-state index contributed by atoms with van der Waals surface area (Å²) in [6, 6.07) is 7.72. The maximum atomic E-state index is 13.1. The molecule has 0 bridgehead atoms. The van der Waals surface area contributed by atoms with Crippen molar-refractivity contribution in [1.82, 2.24) is 19.5 Å². The smallest absolute Gasteiger partial charge is 0.218 e. The van der Waals surface area contributed by atoms with E-state index < -0.39 is 10.0 Å². The number of aromatic amines is 1. The second-order valence-corrected chi connectivity index (χ2v) is 10.2. The van der Waals surface area contributed by atoms with Crippen LogP contribution < -0.4 is 0 Å². The molecule has 1 saturated carbocycles. The van der Waals surface area contributed by atoms with Crippen LogP contribution in [0.1, 0.15) is 48.0 Å². The van der Waals surface area contributed by atoms with Gasteiger partial charge in [-0.15, -0.1) is 0 Å². The highest BCUT2D eigenvalue weighted by Gasteiger charge is 2.54. The van der Waals surface area contributed by atoms with Crippen LogP contribution in [0.2, 0.25) is 0 Å². The van der Waals surface area contributed by atoms with E-state index in [-0.39, 0.29) is 17.1 Å². The quantitative estimate of drug-likeness (QED) is 0.766. The van der Waals surface area contributed by atoms with Gasteiger partial charge in [0.1, 0.15) is 5.82 Å². The third kappa shape index (κ3) is 3.73. The Hall–Kier alpha value is -1.77. The number of benzene rings is 1. The molecule has 4 rings (SSSR count). The molecule has 1 aliphatic heterocycles. The number of H-pyrrole nitrogens is 1. The third-order valence-electron chi connectivity index (χ3n) is 6.23. The van der Waals surface area contributed by atoms with Crippen molar-refractivity contribution in [2.24, 2.45) is 5.41 Å². The van der Waals surface area contributed by atoms with Gasteiger partial charge in [0.15, 0.2) is 5.82 Å². The van der Waals surface area contributed by atoms with E-state index in [0.29, 0.717) is 26.1 Å². The molecule has 1 aromatic heterocycles.